The molecule has 0 aromatic heterocycles. The standard InChI is InChI=1S/C21H22N2O3/c1-3-15(2)20(17-9-5-4-6-10-17)21(25)26-14-19(24)23-18-11-7-8-16(12-18)13-22/h4-12,15,20H,3,14H2,1-2H3,(H,23,24)/t15-,20-/m1/s1. The molecule has 0 saturated carbocycles. The van der Waals surface area contributed by atoms with Crippen LogP contribution in [0.3, 0.4) is 0 Å². The maximum absolute atomic E-state index is 12.6. The number of carbonyl (C=O) groups excluding carboxylic acids is 2. The normalized spacial score (nSPS) is 12.5. The minimum absolute atomic E-state index is 0.0975. The van der Waals surface area contributed by atoms with Crippen molar-refractivity contribution in [3.63, 3.8) is 0 Å². The molecule has 1 amide bonds. The van der Waals surface area contributed by atoms with Crippen LogP contribution < -0.4 is 5.32 Å². The Kier molecular flexibility index (Phi) is 6.92. The van der Waals surface area contributed by atoms with Gasteiger partial charge in [-0.3, -0.25) is 9.59 Å². The average Bonchev–Trinajstić information content (AvgIpc) is 2.67. The molecule has 2 rings (SSSR count). The summed E-state index contributed by atoms with van der Waals surface area (Å²) in [5.41, 5.74) is 1.82. The third-order valence-electron chi connectivity index (χ3n) is 4.25. The van der Waals surface area contributed by atoms with E-state index in [4.69, 9.17) is 10.00 Å². The summed E-state index contributed by atoms with van der Waals surface area (Å²) in [6.07, 6.45) is 0.821. The summed E-state index contributed by atoms with van der Waals surface area (Å²) in [7, 11) is 0. The van der Waals surface area contributed by atoms with Crippen molar-refractivity contribution in [1.82, 2.24) is 0 Å². The first-order chi connectivity index (χ1) is 12.5. The fraction of sp³-hybridized carbons (Fsp3) is 0.286. The SMILES string of the molecule is CC[C@@H](C)[C@@H](C(=O)OCC(=O)Nc1cccc(C#N)c1)c1ccccc1. The van der Waals surface area contributed by atoms with E-state index >= 15 is 0 Å². The molecule has 0 heterocycles. The van der Waals surface area contributed by atoms with Gasteiger partial charge in [0.25, 0.3) is 5.91 Å². The van der Waals surface area contributed by atoms with Gasteiger partial charge in [0.15, 0.2) is 6.61 Å². The number of amides is 1. The van der Waals surface area contributed by atoms with E-state index in [0.29, 0.717) is 11.3 Å². The molecule has 2 aromatic rings. The third-order valence-corrected chi connectivity index (χ3v) is 4.25. The van der Waals surface area contributed by atoms with Crippen LogP contribution in [0.4, 0.5) is 5.69 Å². The number of benzene rings is 2. The van der Waals surface area contributed by atoms with Crippen LogP contribution in [-0.4, -0.2) is 18.5 Å². The highest BCUT2D eigenvalue weighted by Gasteiger charge is 2.27. The second-order valence-electron chi connectivity index (χ2n) is 6.12. The van der Waals surface area contributed by atoms with Gasteiger partial charge in [0.1, 0.15) is 0 Å². The van der Waals surface area contributed by atoms with Gasteiger partial charge in [0, 0.05) is 5.69 Å². The van der Waals surface area contributed by atoms with E-state index in [9.17, 15) is 9.59 Å². The van der Waals surface area contributed by atoms with Crippen molar-refractivity contribution in [3.05, 3.63) is 65.7 Å². The molecular weight excluding hydrogens is 328 g/mol. The van der Waals surface area contributed by atoms with Crippen LogP contribution in [0, 0.1) is 17.2 Å². The van der Waals surface area contributed by atoms with Crippen molar-refractivity contribution in [2.24, 2.45) is 5.92 Å². The topological polar surface area (TPSA) is 79.2 Å². The van der Waals surface area contributed by atoms with Gasteiger partial charge in [-0.1, -0.05) is 56.7 Å². The highest BCUT2D eigenvalue weighted by molar-refractivity contribution is 5.93. The van der Waals surface area contributed by atoms with Crippen molar-refractivity contribution in [3.8, 4) is 6.07 Å². The Morgan fingerprint density at radius 3 is 2.54 bits per heavy atom. The first-order valence-corrected chi connectivity index (χ1v) is 8.56. The zero-order valence-electron chi connectivity index (χ0n) is 14.9. The fourth-order valence-corrected chi connectivity index (χ4v) is 2.68. The highest BCUT2D eigenvalue weighted by Crippen LogP contribution is 2.28. The summed E-state index contributed by atoms with van der Waals surface area (Å²) in [4.78, 5) is 24.6. The van der Waals surface area contributed by atoms with E-state index in [-0.39, 0.29) is 12.5 Å². The molecule has 0 saturated heterocycles. The molecule has 0 spiro atoms. The lowest BCUT2D eigenvalue weighted by molar-refractivity contribution is -0.150. The van der Waals surface area contributed by atoms with Crippen LogP contribution in [0.25, 0.3) is 0 Å². The molecule has 2 aromatic carbocycles. The van der Waals surface area contributed by atoms with E-state index < -0.39 is 17.8 Å². The first-order valence-electron chi connectivity index (χ1n) is 8.56. The lowest BCUT2D eigenvalue weighted by Crippen LogP contribution is -2.26. The van der Waals surface area contributed by atoms with Gasteiger partial charge in [0.2, 0.25) is 0 Å². The summed E-state index contributed by atoms with van der Waals surface area (Å²) in [6.45, 7) is 3.64. The number of hydrogen-bond acceptors (Lipinski definition) is 4. The molecule has 5 heteroatoms. The van der Waals surface area contributed by atoms with Gasteiger partial charge in [0.05, 0.1) is 17.6 Å². The molecule has 0 radical (unpaired) electrons. The van der Waals surface area contributed by atoms with Gasteiger partial charge in [-0.25, -0.2) is 0 Å². The molecule has 0 aliphatic heterocycles. The van der Waals surface area contributed by atoms with Gasteiger partial charge in [-0.05, 0) is 29.7 Å². The Hall–Kier alpha value is -3.13. The second-order valence-corrected chi connectivity index (χ2v) is 6.12. The molecule has 5 nitrogen and oxygen atoms in total. The third kappa shape index (κ3) is 5.18. The molecule has 0 fully saturated rings. The zero-order valence-corrected chi connectivity index (χ0v) is 14.9. The van der Waals surface area contributed by atoms with E-state index in [0.717, 1.165) is 12.0 Å². The zero-order chi connectivity index (χ0) is 18.9. The van der Waals surface area contributed by atoms with Gasteiger partial charge in [-0.15, -0.1) is 0 Å². The maximum atomic E-state index is 12.6. The molecule has 0 aliphatic carbocycles. The number of nitrogens with one attached hydrogen (secondary N) is 1. The molecule has 1 N–H and O–H groups in total. The quantitative estimate of drug-likeness (QED) is 0.769. The number of hydrogen-bond donors (Lipinski definition) is 1. The Balaban J connectivity index is 1.98. The van der Waals surface area contributed by atoms with Gasteiger partial charge < -0.3 is 10.1 Å². The van der Waals surface area contributed by atoms with Crippen molar-refractivity contribution in [2.45, 2.75) is 26.2 Å². The number of rotatable bonds is 7. The molecule has 0 bridgehead atoms. The van der Waals surface area contributed by atoms with Gasteiger partial charge >= 0.3 is 5.97 Å². The predicted octanol–water partition coefficient (Wildman–Crippen LogP) is 3.87. The smallest absolute Gasteiger partial charge is 0.314 e. The summed E-state index contributed by atoms with van der Waals surface area (Å²) >= 11 is 0. The molecule has 134 valence electrons. The number of nitrogens with zero attached hydrogens (tertiary/aromatic N) is 1. The van der Waals surface area contributed by atoms with Crippen LogP contribution in [0.2, 0.25) is 0 Å². The summed E-state index contributed by atoms with van der Waals surface area (Å²) in [6, 6.07) is 18.0. The largest absolute Gasteiger partial charge is 0.455 e. The molecule has 2 atom stereocenters. The predicted molar refractivity (Wildman–Crippen MR) is 99.4 cm³/mol. The van der Waals surface area contributed by atoms with Crippen molar-refractivity contribution in [1.29, 1.82) is 5.26 Å². The maximum Gasteiger partial charge on any atom is 0.314 e. The van der Waals surface area contributed by atoms with Crippen molar-refractivity contribution >= 4 is 17.6 Å². The van der Waals surface area contributed by atoms with Crippen LogP contribution in [0.15, 0.2) is 54.6 Å². The summed E-state index contributed by atoms with van der Waals surface area (Å²) < 4.78 is 5.26. The molecule has 26 heavy (non-hydrogen) atoms. The van der Waals surface area contributed by atoms with Crippen LogP contribution in [0.5, 0.6) is 0 Å². The highest BCUT2D eigenvalue weighted by atomic mass is 16.5. The van der Waals surface area contributed by atoms with Crippen molar-refractivity contribution < 1.29 is 14.3 Å². The van der Waals surface area contributed by atoms with E-state index in [1.807, 2.05) is 50.2 Å². The van der Waals surface area contributed by atoms with Crippen LogP contribution in [-0.2, 0) is 14.3 Å². The van der Waals surface area contributed by atoms with Crippen molar-refractivity contribution in [2.75, 3.05) is 11.9 Å². The molecule has 0 unspecified atom stereocenters. The minimum atomic E-state index is -0.440. The lowest BCUT2D eigenvalue weighted by atomic mass is 9.86. The Bertz CT molecular complexity index is 796. The number of carbonyl (C=O) groups is 2. The molecular formula is C21H22N2O3. The summed E-state index contributed by atoms with van der Waals surface area (Å²) in [5, 5.41) is 11.5. The Labute approximate surface area is 153 Å². The lowest BCUT2D eigenvalue weighted by Gasteiger charge is -2.21. The second kappa shape index (κ2) is 9.38. The Morgan fingerprint density at radius 1 is 1.15 bits per heavy atom. The number of ether oxygens (including phenoxy) is 1. The number of anilines is 1. The van der Waals surface area contributed by atoms with Crippen LogP contribution >= 0.6 is 0 Å². The average molecular weight is 350 g/mol. The number of esters is 1. The van der Waals surface area contributed by atoms with E-state index in [2.05, 4.69) is 5.32 Å². The summed E-state index contributed by atoms with van der Waals surface area (Å²) in [5.74, 6) is -1.16. The number of nitriles is 1. The monoisotopic (exact) mass is 350 g/mol. The van der Waals surface area contributed by atoms with Crippen LogP contribution in [0.1, 0.15) is 37.3 Å². The first kappa shape index (κ1) is 19.2. The van der Waals surface area contributed by atoms with E-state index in [1.54, 1.807) is 24.3 Å². The fourth-order valence-electron chi connectivity index (χ4n) is 2.68. The Morgan fingerprint density at radius 2 is 1.88 bits per heavy atom. The minimum Gasteiger partial charge on any atom is -0.455 e. The molecule has 0 aliphatic rings. The van der Waals surface area contributed by atoms with Gasteiger partial charge in [-0.2, -0.15) is 5.26 Å². The van der Waals surface area contributed by atoms with E-state index in [1.165, 1.54) is 0 Å².